The first-order valence-corrected chi connectivity index (χ1v) is 7.84. The molecule has 1 heterocycles. The Labute approximate surface area is 133 Å². The summed E-state index contributed by atoms with van der Waals surface area (Å²) < 4.78 is 3.28. The topological polar surface area (TPSA) is 29.9 Å². The summed E-state index contributed by atoms with van der Waals surface area (Å²) in [6, 6.07) is 16.8. The highest BCUT2D eigenvalue weighted by atomic mass is 79.9. The van der Waals surface area contributed by atoms with Gasteiger partial charge in [0.05, 0.1) is 17.6 Å². The summed E-state index contributed by atoms with van der Waals surface area (Å²) in [5.41, 5.74) is 3.48. The van der Waals surface area contributed by atoms with Crippen molar-refractivity contribution in [3.63, 3.8) is 0 Å². The summed E-state index contributed by atoms with van der Waals surface area (Å²) in [5.74, 6) is 1.05. The summed E-state index contributed by atoms with van der Waals surface area (Å²) >= 11 is 3.60. The molecule has 4 heteroatoms. The van der Waals surface area contributed by atoms with Gasteiger partial charge < -0.3 is 9.88 Å². The van der Waals surface area contributed by atoms with E-state index in [1.54, 1.807) is 0 Å². The number of rotatable bonds is 4. The molecule has 1 aromatic heterocycles. The highest BCUT2D eigenvalue weighted by Crippen LogP contribution is 2.23. The maximum Gasteiger partial charge on any atom is 0.123 e. The van der Waals surface area contributed by atoms with Crippen LogP contribution in [0, 0.1) is 0 Å². The fourth-order valence-corrected chi connectivity index (χ4v) is 3.16. The van der Waals surface area contributed by atoms with Gasteiger partial charge in [0, 0.05) is 17.6 Å². The smallest absolute Gasteiger partial charge is 0.123 e. The van der Waals surface area contributed by atoms with Gasteiger partial charge in [-0.3, -0.25) is 0 Å². The van der Waals surface area contributed by atoms with Crippen LogP contribution in [0.15, 0.2) is 53.0 Å². The van der Waals surface area contributed by atoms with E-state index < -0.39 is 0 Å². The Balaban J connectivity index is 1.77. The maximum absolute atomic E-state index is 4.69. The second kappa shape index (κ2) is 6.00. The van der Waals surface area contributed by atoms with Crippen LogP contribution in [0.5, 0.6) is 0 Å². The van der Waals surface area contributed by atoms with Gasteiger partial charge in [0.15, 0.2) is 0 Å². The van der Waals surface area contributed by atoms with Crippen molar-refractivity contribution >= 4 is 27.0 Å². The van der Waals surface area contributed by atoms with Crippen molar-refractivity contribution in [2.24, 2.45) is 7.05 Å². The van der Waals surface area contributed by atoms with Crippen LogP contribution < -0.4 is 5.32 Å². The Morgan fingerprint density at radius 2 is 1.86 bits per heavy atom. The average molecular weight is 344 g/mol. The van der Waals surface area contributed by atoms with Crippen LogP contribution in [0.25, 0.3) is 11.0 Å². The molecule has 1 N–H and O–H groups in total. The molecule has 0 saturated carbocycles. The lowest BCUT2D eigenvalue weighted by Crippen LogP contribution is -2.20. The molecule has 0 saturated heterocycles. The highest BCUT2D eigenvalue weighted by molar-refractivity contribution is 9.10. The molecule has 0 radical (unpaired) electrons. The monoisotopic (exact) mass is 343 g/mol. The molecule has 0 amide bonds. The normalized spacial score (nSPS) is 12.7. The van der Waals surface area contributed by atoms with Crippen LogP contribution in [0.2, 0.25) is 0 Å². The largest absolute Gasteiger partial charge is 0.330 e. The predicted octanol–water partition coefficient (Wildman–Crippen LogP) is 4.19. The van der Waals surface area contributed by atoms with Crippen molar-refractivity contribution in [2.75, 3.05) is 0 Å². The molecule has 0 bridgehead atoms. The second-order valence-corrected chi connectivity index (χ2v) is 6.05. The minimum Gasteiger partial charge on any atom is -0.330 e. The lowest BCUT2D eigenvalue weighted by atomic mass is 10.1. The SMILES string of the molecule is C[C@H](NCc1nc2ccccc2n1C)c1ccccc1Br. The Morgan fingerprint density at radius 1 is 1.14 bits per heavy atom. The number of hydrogen-bond acceptors (Lipinski definition) is 2. The molecule has 2 aromatic carbocycles. The average Bonchev–Trinajstić information content (AvgIpc) is 2.82. The molecular weight excluding hydrogens is 326 g/mol. The number of hydrogen-bond donors (Lipinski definition) is 1. The van der Waals surface area contributed by atoms with Crippen LogP contribution in [-0.2, 0) is 13.6 Å². The summed E-state index contributed by atoms with van der Waals surface area (Å²) in [6.07, 6.45) is 0. The number of imidazole rings is 1. The molecule has 3 rings (SSSR count). The number of aromatic nitrogens is 2. The van der Waals surface area contributed by atoms with E-state index in [9.17, 15) is 0 Å². The minimum atomic E-state index is 0.264. The van der Waals surface area contributed by atoms with Crippen LogP contribution in [0.1, 0.15) is 24.4 Å². The van der Waals surface area contributed by atoms with Crippen LogP contribution in [0.4, 0.5) is 0 Å². The van der Waals surface area contributed by atoms with Crippen molar-refractivity contribution in [1.82, 2.24) is 14.9 Å². The van der Waals surface area contributed by atoms with E-state index in [1.807, 2.05) is 18.2 Å². The third-order valence-electron chi connectivity index (χ3n) is 3.82. The molecule has 21 heavy (non-hydrogen) atoms. The van der Waals surface area contributed by atoms with Gasteiger partial charge in [-0.15, -0.1) is 0 Å². The summed E-state index contributed by atoms with van der Waals surface area (Å²) in [5, 5.41) is 3.54. The van der Waals surface area contributed by atoms with Crippen molar-refractivity contribution < 1.29 is 0 Å². The second-order valence-electron chi connectivity index (χ2n) is 5.20. The first-order valence-electron chi connectivity index (χ1n) is 7.05. The molecule has 0 aliphatic heterocycles. The lowest BCUT2D eigenvalue weighted by molar-refractivity contribution is 0.549. The quantitative estimate of drug-likeness (QED) is 0.769. The van der Waals surface area contributed by atoms with E-state index >= 15 is 0 Å². The summed E-state index contributed by atoms with van der Waals surface area (Å²) in [4.78, 5) is 4.69. The Kier molecular flexibility index (Phi) is 4.08. The molecular formula is C17H18BrN3. The fourth-order valence-electron chi connectivity index (χ4n) is 2.53. The van der Waals surface area contributed by atoms with Gasteiger partial charge in [-0.1, -0.05) is 46.3 Å². The van der Waals surface area contributed by atoms with Crippen molar-refractivity contribution in [3.8, 4) is 0 Å². The van der Waals surface area contributed by atoms with E-state index in [2.05, 4.69) is 75.1 Å². The van der Waals surface area contributed by atoms with Gasteiger partial charge in [-0.2, -0.15) is 0 Å². The molecule has 3 nitrogen and oxygen atoms in total. The van der Waals surface area contributed by atoms with Gasteiger partial charge in [-0.25, -0.2) is 4.98 Å². The summed E-state index contributed by atoms with van der Waals surface area (Å²) in [6.45, 7) is 2.91. The molecule has 0 fully saturated rings. The van der Waals surface area contributed by atoms with Crippen molar-refractivity contribution in [2.45, 2.75) is 19.5 Å². The standard InChI is InChI=1S/C17H18BrN3/c1-12(13-7-3-4-8-14(13)18)19-11-17-20-15-9-5-6-10-16(15)21(17)2/h3-10,12,19H,11H2,1-2H3/t12-/m0/s1. The lowest BCUT2D eigenvalue weighted by Gasteiger charge is -2.15. The number of nitrogens with one attached hydrogen (secondary N) is 1. The van der Waals surface area contributed by atoms with Gasteiger partial charge in [-0.05, 0) is 30.7 Å². The number of halogens is 1. The van der Waals surface area contributed by atoms with Crippen LogP contribution in [0.3, 0.4) is 0 Å². The molecule has 1 atom stereocenters. The van der Waals surface area contributed by atoms with Gasteiger partial charge in [0.25, 0.3) is 0 Å². The molecule has 0 aliphatic carbocycles. The van der Waals surface area contributed by atoms with E-state index in [1.165, 1.54) is 11.1 Å². The Morgan fingerprint density at radius 3 is 2.62 bits per heavy atom. The van der Waals surface area contributed by atoms with Crippen LogP contribution >= 0.6 is 15.9 Å². The number of benzene rings is 2. The van der Waals surface area contributed by atoms with Crippen LogP contribution in [-0.4, -0.2) is 9.55 Å². The zero-order chi connectivity index (χ0) is 14.8. The number of para-hydroxylation sites is 2. The molecule has 0 unspecified atom stereocenters. The zero-order valence-corrected chi connectivity index (χ0v) is 13.8. The van der Waals surface area contributed by atoms with E-state index in [-0.39, 0.29) is 6.04 Å². The van der Waals surface area contributed by atoms with E-state index in [0.29, 0.717) is 0 Å². The highest BCUT2D eigenvalue weighted by Gasteiger charge is 2.11. The third-order valence-corrected chi connectivity index (χ3v) is 4.54. The third kappa shape index (κ3) is 2.87. The predicted molar refractivity (Wildman–Crippen MR) is 90.1 cm³/mol. The first kappa shape index (κ1) is 14.3. The molecule has 108 valence electrons. The molecule has 0 aliphatic rings. The van der Waals surface area contributed by atoms with E-state index in [4.69, 9.17) is 0 Å². The molecule has 0 spiro atoms. The minimum absolute atomic E-state index is 0.264. The fraction of sp³-hybridized carbons (Fsp3) is 0.235. The van der Waals surface area contributed by atoms with Crippen molar-refractivity contribution in [1.29, 1.82) is 0 Å². The van der Waals surface area contributed by atoms with Gasteiger partial charge >= 0.3 is 0 Å². The number of aryl methyl sites for hydroxylation is 1. The number of nitrogens with zero attached hydrogens (tertiary/aromatic N) is 2. The van der Waals surface area contributed by atoms with Crippen molar-refractivity contribution in [3.05, 3.63) is 64.4 Å². The first-order chi connectivity index (χ1) is 10.2. The Hall–Kier alpha value is -1.65. The van der Waals surface area contributed by atoms with Gasteiger partial charge in [0.2, 0.25) is 0 Å². The van der Waals surface area contributed by atoms with E-state index in [0.717, 1.165) is 22.4 Å². The summed E-state index contributed by atoms with van der Waals surface area (Å²) in [7, 11) is 2.06. The molecule has 3 aromatic rings. The van der Waals surface area contributed by atoms with Gasteiger partial charge in [0.1, 0.15) is 5.82 Å². The number of fused-ring (bicyclic) bond motifs is 1. The zero-order valence-electron chi connectivity index (χ0n) is 12.2. The maximum atomic E-state index is 4.69. The Bertz CT molecular complexity index is 764.